The van der Waals surface area contributed by atoms with Gasteiger partial charge in [-0.15, -0.1) is 0 Å². The summed E-state index contributed by atoms with van der Waals surface area (Å²) in [5.74, 6) is 1.57. The first-order valence-corrected chi connectivity index (χ1v) is 13.6. The average molecular weight is 476 g/mol. The molecule has 3 fully saturated rings. The van der Waals surface area contributed by atoms with E-state index < -0.39 is 0 Å². The monoisotopic (exact) mass is 475 g/mol. The van der Waals surface area contributed by atoms with Crippen molar-refractivity contribution in [3.63, 3.8) is 0 Å². The maximum Gasteiger partial charge on any atom is 0.269 e. The van der Waals surface area contributed by atoms with Crippen LogP contribution in [0.3, 0.4) is 0 Å². The summed E-state index contributed by atoms with van der Waals surface area (Å²) >= 11 is 0. The van der Waals surface area contributed by atoms with E-state index in [0.29, 0.717) is 23.7 Å². The SMILES string of the molecule is Cc1ccc([C@@H](C)N2CCC(N3CCCN(c4cccc(C(=O)NCC5CC5)n4)CC3)CC2)cc1. The molecule has 1 atom stereocenters. The van der Waals surface area contributed by atoms with Crippen LogP contribution in [-0.2, 0) is 0 Å². The van der Waals surface area contributed by atoms with Gasteiger partial charge in [0.15, 0.2) is 0 Å². The van der Waals surface area contributed by atoms with Crippen LogP contribution >= 0.6 is 0 Å². The molecule has 0 unspecified atom stereocenters. The van der Waals surface area contributed by atoms with Crippen LogP contribution < -0.4 is 10.2 Å². The van der Waals surface area contributed by atoms with Gasteiger partial charge in [0.1, 0.15) is 11.5 Å². The molecular weight excluding hydrogens is 434 g/mol. The van der Waals surface area contributed by atoms with E-state index in [2.05, 4.69) is 64.2 Å². The van der Waals surface area contributed by atoms with Crippen LogP contribution in [0.4, 0.5) is 5.82 Å². The van der Waals surface area contributed by atoms with E-state index in [4.69, 9.17) is 4.98 Å². The van der Waals surface area contributed by atoms with Gasteiger partial charge in [0.25, 0.3) is 5.91 Å². The van der Waals surface area contributed by atoms with Crippen molar-refractivity contribution in [1.82, 2.24) is 20.1 Å². The molecule has 6 heteroatoms. The second kappa shape index (κ2) is 11.1. The summed E-state index contributed by atoms with van der Waals surface area (Å²) in [7, 11) is 0. The topological polar surface area (TPSA) is 51.7 Å². The molecule has 3 heterocycles. The molecule has 188 valence electrons. The summed E-state index contributed by atoms with van der Waals surface area (Å²) in [6.07, 6.45) is 6.10. The van der Waals surface area contributed by atoms with Gasteiger partial charge in [-0.25, -0.2) is 4.98 Å². The van der Waals surface area contributed by atoms with Crippen LogP contribution in [0.5, 0.6) is 0 Å². The fourth-order valence-corrected chi connectivity index (χ4v) is 5.60. The third-order valence-corrected chi connectivity index (χ3v) is 8.19. The van der Waals surface area contributed by atoms with Crippen LogP contribution in [0, 0.1) is 12.8 Å². The Balaban J connectivity index is 1.12. The maximum absolute atomic E-state index is 12.5. The van der Waals surface area contributed by atoms with Crippen LogP contribution in [-0.4, -0.2) is 72.5 Å². The number of carbonyl (C=O) groups is 1. The number of carbonyl (C=O) groups excluding carboxylic acids is 1. The predicted octanol–water partition coefficient (Wildman–Crippen LogP) is 4.27. The molecule has 0 radical (unpaired) electrons. The lowest BCUT2D eigenvalue weighted by molar-refractivity contribution is 0.0917. The first kappa shape index (κ1) is 24.3. The van der Waals surface area contributed by atoms with Crippen molar-refractivity contribution in [3.05, 3.63) is 59.3 Å². The Kier molecular flexibility index (Phi) is 7.69. The second-order valence-electron chi connectivity index (χ2n) is 10.8. The number of anilines is 1. The number of likely N-dealkylation sites (tertiary alicyclic amines) is 1. The molecule has 5 rings (SSSR count). The molecule has 1 saturated carbocycles. The van der Waals surface area contributed by atoms with E-state index in [1.807, 2.05) is 12.1 Å². The largest absolute Gasteiger partial charge is 0.355 e. The van der Waals surface area contributed by atoms with Gasteiger partial charge in [-0.2, -0.15) is 0 Å². The molecule has 0 bridgehead atoms. The van der Waals surface area contributed by atoms with Gasteiger partial charge in [0.05, 0.1) is 0 Å². The summed E-state index contributed by atoms with van der Waals surface area (Å²) in [4.78, 5) is 25.0. The van der Waals surface area contributed by atoms with Crippen molar-refractivity contribution in [2.24, 2.45) is 5.92 Å². The molecule has 0 spiro atoms. The standard InChI is InChI=1S/C29H41N5O/c1-22-7-11-25(12-8-22)23(2)32-17-13-26(14-18-32)33-15-4-16-34(20-19-33)28-6-3-5-27(31-28)29(35)30-21-24-9-10-24/h3,5-8,11-12,23-24,26H,4,9-10,13-21H2,1-2H3,(H,30,35)/t23-/m1/s1. The number of nitrogens with one attached hydrogen (secondary N) is 1. The van der Waals surface area contributed by atoms with Crippen molar-refractivity contribution in [1.29, 1.82) is 0 Å². The minimum Gasteiger partial charge on any atom is -0.355 e. The highest BCUT2D eigenvalue weighted by Gasteiger charge is 2.29. The van der Waals surface area contributed by atoms with Crippen molar-refractivity contribution < 1.29 is 4.79 Å². The number of rotatable bonds is 7. The minimum absolute atomic E-state index is 0.0400. The highest BCUT2D eigenvalue weighted by molar-refractivity contribution is 5.92. The van der Waals surface area contributed by atoms with Crippen molar-refractivity contribution in [2.45, 2.75) is 58.0 Å². The Labute approximate surface area is 210 Å². The summed E-state index contributed by atoms with van der Waals surface area (Å²) in [5, 5.41) is 3.05. The van der Waals surface area contributed by atoms with Gasteiger partial charge in [0, 0.05) is 57.9 Å². The molecule has 35 heavy (non-hydrogen) atoms. The first-order chi connectivity index (χ1) is 17.1. The molecule has 1 aromatic carbocycles. The molecular formula is C29H41N5O. The highest BCUT2D eigenvalue weighted by Crippen LogP contribution is 2.28. The number of hydrogen-bond acceptors (Lipinski definition) is 5. The number of pyridine rings is 1. The van der Waals surface area contributed by atoms with E-state index in [9.17, 15) is 4.79 Å². The molecule has 6 nitrogen and oxygen atoms in total. The van der Waals surface area contributed by atoms with Gasteiger partial charge in [-0.05, 0) is 69.6 Å². The van der Waals surface area contributed by atoms with E-state index in [0.717, 1.165) is 45.0 Å². The Morgan fingerprint density at radius 2 is 1.74 bits per heavy atom. The van der Waals surface area contributed by atoms with E-state index >= 15 is 0 Å². The Bertz CT molecular complexity index is 981. The molecule has 3 aliphatic rings. The molecule has 1 aliphatic carbocycles. The van der Waals surface area contributed by atoms with Gasteiger partial charge in [-0.3, -0.25) is 14.6 Å². The number of aromatic nitrogens is 1. The van der Waals surface area contributed by atoms with Gasteiger partial charge in [0.2, 0.25) is 0 Å². The third-order valence-electron chi connectivity index (χ3n) is 8.19. The maximum atomic E-state index is 12.5. The van der Waals surface area contributed by atoms with Crippen LogP contribution in [0.2, 0.25) is 0 Å². The van der Waals surface area contributed by atoms with Crippen LogP contribution in [0.25, 0.3) is 0 Å². The predicted molar refractivity (Wildman–Crippen MR) is 142 cm³/mol. The zero-order valence-electron chi connectivity index (χ0n) is 21.5. The number of aryl methyl sites for hydroxylation is 1. The van der Waals surface area contributed by atoms with Gasteiger partial charge >= 0.3 is 0 Å². The minimum atomic E-state index is -0.0400. The van der Waals surface area contributed by atoms with Gasteiger partial charge < -0.3 is 10.2 Å². The quantitative estimate of drug-likeness (QED) is 0.648. The molecule has 1 N–H and O–H groups in total. The summed E-state index contributed by atoms with van der Waals surface area (Å²) < 4.78 is 0. The molecule has 2 aromatic rings. The molecule has 1 amide bonds. The Hall–Kier alpha value is -2.44. The zero-order valence-corrected chi connectivity index (χ0v) is 21.5. The van der Waals surface area contributed by atoms with Crippen molar-refractivity contribution in [3.8, 4) is 0 Å². The average Bonchev–Trinajstić information content (AvgIpc) is 3.74. The normalized spacial score (nSPS) is 21.5. The summed E-state index contributed by atoms with van der Waals surface area (Å²) in [6, 6.07) is 16.0. The lowest BCUT2D eigenvalue weighted by Crippen LogP contribution is -2.46. The lowest BCUT2D eigenvalue weighted by Gasteiger charge is -2.40. The number of nitrogens with zero attached hydrogens (tertiary/aromatic N) is 4. The van der Waals surface area contributed by atoms with E-state index in [1.165, 1.54) is 49.9 Å². The second-order valence-corrected chi connectivity index (χ2v) is 10.8. The Morgan fingerprint density at radius 3 is 2.49 bits per heavy atom. The highest BCUT2D eigenvalue weighted by atomic mass is 16.1. The first-order valence-electron chi connectivity index (χ1n) is 13.6. The molecule has 2 aliphatic heterocycles. The number of amides is 1. The fraction of sp³-hybridized carbons (Fsp3) is 0.586. The summed E-state index contributed by atoms with van der Waals surface area (Å²) in [6.45, 7) is 11.8. The lowest BCUT2D eigenvalue weighted by atomic mass is 9.98. The van der Waals surface area contributed by atoms with Gasteiger partial charge in [-0.1, -0.05) is 35.9 Å². The number of benzene rings is 1. The summed E-state index contributed by atoms with van der Waals surface area (Å²) in [5.41, 5.74) is 3.29. The number of hydrogen-bond donors (Lipinski definition) is 1. The zero-order chi connectivity index (χ0) is 24.2. The van der Waals surface area contributed by atoms with Crippen molar-refractivity contribution in [2.75, 3.05) is 50.7 Å². The fourth-order valence-electron chi connectivity index (χ4n) is 5.60. The smallest absolute Gasteiger partial charge is 0.269 e. The third kappa shape index (κ3) is 6.22. The Morgan fingerprint density at radius 1 is 0.971 bits per heavy atom. The van der Waals surface area contributed by atoms with Crippen LogP contribution in [0.15, 0.2) is 42.5 Å². The van der Waals surface area contributed by atoms with Crippen LogP contribution in [0.1, 0.15) is 66.7 Å². The van der Waals surface area contributed by atoms with E-state index in [1.54, 1.807) is 0 Å². The van der Waals surface area contributed by atoms with Crippen molar-refractivity contribution >= 4 is 11.7 Å². The number of piperidine rings is 1. The molecule has 2 saturated heterocycles. The van der Waals surface area contributed by atoms with E-state index in [-0.39, 0.29) is 5.91 Å². The molecule has 1 aromatic heterocycles.